The van der Waals surface area contributed by atoms with Crippen molar-refractivity contribution >= 4 is 27.7 Å². The van der Waals surface area contributed by atoms with Gasteiger partial charge in [-0.25, -0.2) is 17.6 Å². The van der Waals surface area contributed by atoms with Gasteiger partial charge in [0.25, 0.3) is 0 Å². The smallest absolute Gasteiger partial charge is 0.247 e. The zero-order valence-electron chi connectivity index (χ0n) is 12.9. The van der Waals surface area contributed by atoms with Crippen molar-refractivity contribution in [1.82, 2.24) is 19.6 Å². The molecule has 26 heavy (non-hydrogen) atoms. The number of rotatable bonds is 5. The molecule has 2 aromatic heterocycles. The topological polar surface area (TPSA) is 64.7 Å². The van der Waals surface area contributed by atoms with Gasteiger partial charge in [0.1, 0.15) is 6.54 Å². The summed E-state index contributed by atoms with van der Waals surface area (Å²) in [6.45, 7) is -0.620. The number of carbonyl (C=O) groups is 1. The normalized spacial score (nSPS) is 11.0. The highest BCUT2D eigenvalue weighted by molar-refractivity contribution is 9.10. The molecule has 0 saturated heterocycles. The summed E-state index contributed by atoms with van der Waals surface area (Å²) in [5, 5.41) is 10.3. The lowest BCUT2D eigenvalue weighted by molar-refractivity contribution is -0.116. The van der Waals surface area contributed by atoms with Gasteiger partial charge < -0.3 is 5.32 Å². The molecule has 0 radical (unpaired) electrons. The zero-order chi connectivity index (χ0) is 18.8. The van der Waals surface area contributed by atoms with E-state index in [2.05, 4.69) is 31.4 Å². The molecule has 2 heterocycles. The number of amides is 1. The van der Waals surface area contributed by atoms with Crippen LogP contribution in [0.25, 0.3) is 0 Å². The van der Waals surface area contributed by atoms with E-state index >= 15 is 0 Å². The highest BCUT2D eigenvalue weighted by Crippen LogP contribution is 2.20. The average Bonchev–Trinajstić information content (AvgIpc) is 3.18. The van der Waals surface area contributed by atoms with Gasteiger partial charge in [0.05, 0.1) is 22.8 Å². The summed E-state index contributed by atoms with van der Waals surface area (Å²) in [6.07, 6.45) is 4.42. The summed E-state index contributed by atoms with van der Waals surface area (Å²) in [5.41, 5.74) is -0.801. The molecule has 11 heteroatoms. The first-order valence-corrected chi connectivity index (χ1v) is 7.96. The zero-order valence-corrected chi connectivity index (χ0v) is 14.5. The van der Waals surface area contributed by atoms with Crippen molar-refractivity contribution in [3.63, 3.8) is 0 Å². The van der Waals surface area contributed by atoms with Crippen molar-refractivity contribution in [1.29, 1.82) is 0 Å². The number of hydrogen-bond donors (Lipinski definition) is 1. The molecule has 0 atom stereocenters. The maximum atomic E-state index is 13.7. The first-order chi connectivity index (χ1) is 12.3. The first kappa shape index (κ1) is 18.1. The van der Waals surface area contributed by atoms with Crippen LogP contribution in [0.5, 0.6) is 0 Å². The van der Waals surface area contributed by atoms with Crippen LogP contribution >= 0.6 is 15.9 Å². The molecule has 0 aliphatic rings. The maximum Gasteiger partial charge on any atom is 0.247 e. The summed E-state index contributed by atoms with van der Waals surface area (Å²) in [5.74, 6) is -6.29. The van der Waals surface area contributed by atoms with E-state index in [0.717, 1.165) is 4.68 Å². The summed E-state index contributed by atoms with van der Waals surface area (Å²) in [4.78, 5) is 11.9. The van der Waals surface area contributed by atoms with Crippen LogP contribution < -0.4 is 5.32 Å². The van der Waals surface area contributed by atoms with Crippen LogP contribution in [0, 0.1) is 23.3 Å². The third kappa shape index (κ3) is 3.93. The largest absolute Gasteiger partial charge is 0.308 e. The molecule has 0 saturated carbocycles. The maximum absolute atomic E-state index is 13.7. The van der Waals surface area contributed by atoms with E-state index in [4.69, 9.17) is 0 Å². The Kier molecular flexibility index (Phi) is 5.07. The van der Waals surface area contributed by atoms with Crippen molar-refractivity contribution in [3.8, 4) is 0 Å². The summed E-state index contributed by atoms with van der Waals surface area (Å²) >= 11 is 3.20. The quantitative estimate of drug-likeness (QED) is 0.498. The molecule has 1 aromatic carbocycles. The molecule has 0 unspecified atom stereocenters. The SMILES string of the molecule is O=C(Cn1cc(Br)cn1)Nc1ccn(Cc2c(F)c(F)cc(F)c2F)n1. The molecule has 3 aromatic rings. The fraction of sp³-hybridized carbons (Fsp3) is 0.133. The third-order valence-corrected chi connectivity index (χ3v) is 3.75. The minimum atomic E-state index is -1.50. The van der Waals surface area contributed by atoms with Crippen LogP contribution in [-0.4, -0.2) is 25.5 Å². The Labute approximate surface area is 152 Å². The third-order valence-electron chi connectivity index (χ3n) is 3.34. The van der Waals surface area contributed by atoms with E-state index in [1.165, 1.54) is 23.1 Å². The highest BCUT2D eigenvalue weighted by Gasteiger charge is 2.19. The minimum Gasteiger partial charge on any atom is -0.308 e. The molecule has 0 spiro atoms. The Morgan fingerprint density at radius 1 is 1.15 bits per heavy atom. The molecular weight excluding hydrogens is 422 g/mol. The molecule has 6 nitrogen and oxygen atoms in total. The molecule has 136 valence electrons. The monoisotopic (exact) mass is 431 g/mol. The highest BCUT2D eigenvalue weighted by atomic mass is 79.9. The molecular formula is C15H10BrF4N5O. The predicted octanol–water partition coefficient (Wildman–Crippen LogP) is 3.09. The minimum absolute atomic E-state index is 0.0726. The average molecular weight is 432 g/mol. The molecule has 0 aliphatic heterocycles. The van der Waals surface area contributed by atoms with Crippen LogP contribution in [0.2, 0.25) is 0 Å². The fourth-order valence-electron chi connectivity index (χ4n) is 2.19. The number of nitrogens with one attached hydrogen (secondary N) is 1. The van der Waals surface area contributed by atoms with E-state index in [1.54, 1.807) is 6.20 Å². The van der Waals surface area contributed by atoms with Gasteiger partial charge in [-0.1, -0.05) is 0 Å². The van der Waals surface area contributed by atoms with Crippen LogP contribution in [0.15, 0.2) is 35.2 Å². The lowest BCUT2D eigenvalue weighted by Crippen LogP contribution is -2.19. The first-order valence-electron chi connectivity index (χ1n) is 7.16. The van der Waals surface area contributed by atoms with Gasteiger partial charge in [0.2, 0.25) is 5.91 Å². The predicted molar refractivity (Wildman–Crippen MR) is 86.2 cm³/mol. The number of benzene rings is 1. The molecule has 0 aliphatic carbocycles. The van der Waals surface area contributed by atoms with Crippen molar-refractivity contribution in [2.24, 2.45) is 0 Å². The molecule has 3 rings (SSSR count). The second kappa shape index (κ2) is 7.28. The van der Waals surface area contributed by atoms with Gasteiger partial charge in [-0.05, 0) is 15.9 Å². The summed E-state index contributed by atoms with van der Waals surface area (Å²) in [7, 11) is 0. The van der Waals surface area contributed by atoms with Gasteiger partial charge in [0, 0.05) is 24.5 Å². The second-order valence-corrected chi connectivity index (χ2v) is 6.17. The fourth-order valence-corrected chi connectivity index (χ4v) is 2.52. The Hall–Kier alpha value is -2.69. The number of nitrogens with zero attached hydrogens (tertiary/aromatic N) is 4. The van der Waals surface area contributed by atoms with Gasteiger partial charge in [-0.15, -0.1) is 0 Å². The van der Waals surface area contributed by atoms with Gasteiger partial charge >= 0.3 is 0 Å². The number of halogens is 5. The van der Waals surface area contributed by atoms with Gasteiger partial charge in [0.15, 0.2) is 29.1 Å². The van der Waals surface area contributed by atoms with Gasteiger partial charge in [-0.3, -0.25) is 14.2 Å². The lowest BCUT2D eigenvalue weighted by atomic mass is 10.2. The summed E-state index contributed by atoms with van der Waals surface area (Å²) in [6, 6.07) is 1.51. The van der Waals surface area contributed by atoms with E-state index < -0.39 is 41.3 Å². The number of anilines is 1. The molecule has 0 fully saturated rings. The van der Waals surface area contributed by atoms with Gasteiger partial charge in [-0.2, -0.15) is 10.2 Å². The van der Waals surface area contributed by atoms with Crippen LogP contribution in [0.4, 0.5) is 23.4 Å². The number of carbonyl (C=O) groups excluding carboxylic acids is 1. The summed E-state index contributed by atoms with van der Waals surface area (Å²) < 4.78 is 57.0. The lowest BCUT2D eigenvalue weighted by Gasteiger charge is -2.07. The Morgan fingerprint density at radius 3 is 2.46 bits per heavy atom. The van der Waals surface area contributed by atoms with Crippen LogP contribution in [0.3, 0.4) is 0 Å². The van der Waals surface area contributed by atoms with Crippen LogP contribution in [-0.2, 0) is 17.9 Å². The Morgan fingerprint density at radius 2 is 1.85 bits per heavy atom. The Bertz CT molecular complexity index is 945. The molecule has 0 bridgehead atoms. The number of hydrogen-bond acceptors (Lipinski definition) is 3. The van der Waals surface area contributed by atoms with Crippen molar-refractivity contribution < 1.29 is 22.4 Å². The van der Waals surface area contributed by atoms with Crippen LogP contribution in [0.1, 0.15) is 5.56 Å². The molecule has 1 N–H and O–H groups in total. The van der Waals surface area contributed by atoms with Crippen molar-refractivity contribution in [2.45, 2.75) is 13.1 Å². The van der Waals surface area contributed by atoms with Crippen molar-refractivity contribution in [2.75, 3.05) is 5.32 Å². The number of aromatic nitrogens is 4. The second-order valence-electron chi connectivity index (χ2n) is 5.25. The van der Waals surface area contributed by atoms with E-state index in [9.17, 15) is 22.4 Å². The molecule has 1 amide bonds. The van der Waals surface area contributed by atoms with E-state index in [1.807, 2.05) is 0 Å². The standard InChI is InChI=1S/C15H10BrF4N5O/c16-8-4-21-25(5-8)7-13(26)22-12-1-2-24(23-12)6-9-14(19)10(17)3-11(18)15(9)20/h1-5H,6-7H2,(H,22,23,26). The van der Waals surface area contributed by atoms with Crippen molar-refractivity contribution in [3.05, 3.63) is 64.0 Å². The van der Waals surface area contributed by atoms with E-state index in [0.29, 0.717) is 4.47 Å². The Balaban J connectivity index is 1.70. The van der Waals surface area contributed by atoms with E-state index in [-0.39, 0.29) is 18.4 Å².